The topological polar surface area (TPSA) is 542 Å². The van der Waals surface area contributed by atoms with Gasteiger partial charge in [-0.25, -0.2) is 4.79 Å². The summed E-state index contributed by atoms with van der Waals surface area (Å²) in [6.45, 7) is 9.77. The molecule has 0 aliphatic carbocycles. The van der Waals surface area contributed by atoms with Gasteiger partial charge in [-0.05, 0) is 196 Å². The second kappa shape index (κ2) is 29.5. The molecule has 0 aromatic heterocycles. The predicted molar refractivity (Wildman–Crippen MR) is 394 cm³/mol. The lowest BCUT2D eigenvalue weighted by atomic mass is 10.1. The van der Waals surface area contributed by atoms with Crippen LogP contribution in [0.2, 0.25) is 0 Å². The Morgan fingerprint density at radius 1 is 0.231 bits per heavy atom. The molecule has 39 heteroatoms. The summed E-state index contributed by atoms with van der Waals surface area (Å²) in [5.74, 6) is -4.83. The van der Waals surface area contributed by atoms with Gasteiger partial charge in [0.1, 0.15) is 19.6 Å². The van der Waals surface area contributed by atoms with Gasteiger partial charge in [-0.2, -0.15) is 50.5 Å². The van der Waals surface area contributed by atoms with Crippen LogP contribution in [-0.4, -0.2) is 119 Å². The minimum Gasteiger partial charge on any atom is -0.322 e. The summed E-state index contributed by atoms with van der Waals surface area (Å²) in [7, 11) is -31.9. The molecule has 0 saturated heterocycles. The molecule has 0 radical (unpaired) electrons. The Bertz CT molecular complexity index is 5990. The summed E-state index contributed by atoms with van der Waals surface area (Å²) in [6, 6.07) is 29.4. The van der Waals surface area contributed by atoms with Crippen molar-refractivity contribution in [3.8, 4) is 0 Å². The number of rotatable bonds is 20. The standard InChI is InChI=1S/C69H58N8O25S6/c1-33-7-13-39(63(78)70-49-19-21-57(105(91,92)93)47-29-45(103(85,86)87)31-59(61(47)49)107(97,98)99)23-51(33)72-65(80)41-15-9-35(3)53(25-41)74-67(82)43-17-11-37(5)55(27-43)76-69(84)77-56-28-44(18-12-38(56)6)68(83)75-54-26-42(16-10-36(54)4)66(81)73-52-24-40(14-8-34(52)2)64(79)71-50-20-22-58(106(94,95)96)48-30-46(104(88,89)90)32-60(62(48)50)108(100,101)102/h7-32H,1-6H3,(H,70,78)(H,71,79)(H,72,80)(H,73,81)(H,74,82)(H,75,83)(H2,76,77,84)(H,85,86,87)(H,88,89,90)(H,91,92,93)(H,94,95,96)(H,97,98,99)(H,100,101,102). The lowest BCUT2D eigenvalue weighted by Crippen LogP contribution is -2.22. The third kappa shape index (κ3) is 17.5. The van der Waals surface area contributed by atoms with Gasteiger partial charge in [0.25, 0.3) is 96.2 Å². The number of carbonyl (C=O) groups is 7. The van der Waals surface area contributed by atoms with Gasteiger partial charge in [0, 0.05) is 89.0 Å². The molecule has 0 heterocycles. The molecule has 8 amide bonds. The van der Waals surface area contributed by atoms with Crippen LogP contribution in [0.15, 0.2) is 187 Å². The van der Waals surface area contributed by atoms with Gasteiger partial charge >= 0.3 is 6.03 Å². The lowest BCUT2D eigenvalue weighted by molar-refractivity contribution is 0.101. The van der Waals surface area contributed by atoms with E-state index in [1.807, 2.05) is 0 Å². The SMILES string of the molecule is Cc1ccc(C(=O)Nc2cc(C(=O)Nc3cc(C(=O)Nc4ccc(S(=O)(=O)O)c5cc(S(=O)(=O)O)cc(S(=O)(=O)O)c45)ccc3C)ccc2C)cc1NC(=O)Nc1cc(C(=O)Nc2cc(C(=O)Nc3cc(C(=O)Nc4ccc(S(=O)(=O)O)c5cc(S(=O)(=O)O)cc(S(=O)(=O)O)c45)ccc3C)ccc2C)ccc1C. The zero-order valence-corrected chi connectivity index (χ0v) is 61.3. The first-order chi connectivity index (χ1) is 50.1. The number of hydrogen-bond acceptors (Lipinski definition) is 19. The van der Waals surface area contributed by atoms with E-state index in [1.54, 1.807) is 53.7 Å². The Kier molecular flexibility index (Phi) is 21.6. The van der Waals surface area contributed by atoms with Gasteiger partial charge in [-0.15, -0.1) is 0 Å². The fourth-order valence-electron chi connectivity index (χ4n) is 11.0. The number of fused-ring (bicyclic) bond motifs is 2. The van der Waals surface area contributed by atoms with Crippen molar-refractivity contribution in [2.75, 3.05) is 42.5 Å². The predicted octanol–water partition coefficient (Wildman–Crippen LogP) is 10.5. The summed E-state index contributed by atoms with van der Waals surface area (Å²) in [5, 5.41) is 17.8. The third-order valence-corrected chi connectivity index (χ3v) is 22.0. The Morgan fingerprint density at radius 3 is 0.639 bits per heavy atom. The molecular formula is C69H58N8O25S6. The van der Waals surface area contributed by atoms with Gasteiger partial charge in [-0.1, -0.05) is 36.4 Å². The van der Waals surface area contributed by atoms with Crippen LogP contribution in [0, 0.1) is 41.5 Å². The summed E-state index contributed by atoms with van der Waals surface area (Å²) in [6.07, 6.45) is 0. The first-order valence-corrected chi connectivity index (χ1v) is 39.4. The highest BCUT2D eigenvalue weighted by molar-refractivity contribution is 7.88. The summed E-state index contributed by atoms with van der Waals surface area (Å²) >= 11 is 0. The van der Waals surface area contributed by atoms with Crippen molar-refractivity contribution in [2.24, 2.45) is 0 Å². The number of anilines is 8. The second-order valence-corrected chi connectivity index (χ2v) is 32.6. The smallest absolute Gasteiger partial charge is 0.322 e. The molecule has 0 spiro atoms. The van der Waals surface area contributed by atoms with Crippen molar-refractivity contribution in [1.82, 2.24) is 0 Å². The maximum absolute atomic E-state index is 13.9. The van der Waals surface area contributed by atoms with E-state index in [4.69, 9.17) is 0 Å². The van der Waals surface area contributed by atoms with E-state index in [9.17, 15) is 111 Å². The lowest BCUT2D eigenvalue weighted by Gasteiger charge is -2.16. The molecule has 0 aliphatic rings. The maximum atomic E-state index is 13.9. The molecule has 33 nitrogen and oxygen atoms in total. The van der Waals surface area contributed by atoms with Gasteiger partial charge in [0.15, 0.2) is 0 Å². The van der Waals surface area contributed by atoms with Crippen molar-refractivity contribution in [2.45, 2.75) is 70.9 Å². The van der Waals surface area contributed by atoms with Gasteiger partial charge in [0.05, 0.1) is 21.2 Å². The third-order valence-electron chi connectivity index (χ3n) is 16.7. The van der Waals surface area contributed by atoms with Gasteiger partial charge in [0.2, 0.25) is 0 Å². The van der Waals surface area contributed by atoms with Crippen LogP contribution in [0.4, 0.5) is 50.3 Å². The molecule has 0 unspecified atom stereocenters. The summed E-state index contributed by atoms with van der Waals surface area (Å²) < 4.78 is 207. The molecule has 10 aromatic rings. The van der Waals surface area contributed by atoms with Crippen LogP contribution in [0.25, 0.3) is 21.5 Å². The average Bonchev–Trinajstić information content (AvgIpc) is 0.741. The highest BCUT2D eigenvalue weighted by Crippen LogP contribution is 2.40. The Morgan fingerprint density at radius 2 is 0.435 bits per heavy atom. The van der Waals surface area contributed by atoms with Crippen LogP contribution in [0.3, 0.4) is 0 Å². The molecule has 108 heavy (non-hydrogen) atoms. The van der Waals surface area contributed by atoms with Crippen molar-refractivity contribution < 1.29 is 111 Å². The fourth-order valence-corrected chi connectivity index (χ4v) is 15.1. The Labute approximate surface area is 614 Å². The highest BCUT2D eigenvalue weighted by atomic mass is 32.2. The summed E-state index contributed by atoms with van der Waals surface area (Å²) in [5.41, 5.74) is 2.54. The average molecular weight is 1590 g/mol. The van der Waals surface area contributed by atoms with E-state index in [0.29, 0.717) is 69.8 Å². The van der Waals surface area contributed by atoms with E-state index < -0.39 is 164 Å². The van der Waals surface area contributed by atoms with Crippen LogP contribution in [0.1, 0.15) is 95.5 Å². The maximum Gasteiger partial charge on any atom is 0.323 e. The first kappa shape index (κ1) is 78.8. The highest BCUT2D eigenvalue weighted by Gasteiger charge is 2.31. The van der Waals surface area contributed by atoms with E-state index >= 15 is 0 Å². The van der Waals surface area contributed by atoms with Crippen molar-refractivity contribution in [3.63, 3.8) is 0 Å². The molecule has 14 N–H and O–H groups in total. The quantitative estimate of drug-likeness (QED) is 0.0315. The summed E-state index contributed by atoms with van der Waals surface area (Å²) in [4.78, 5) is 89.9. The zero-order chi connectivity index (χ0) is 79.4. The van der Waals surface area contributed by atoms with E-state index in [-0.39, 0.29) is 67.5 Å². The first-order valence-electron chi connectivity index (χ1n) is 30.8. The number of aryl methyl sites for hydroxylation is 6. The van der Waals surface area contributed by atoms with Crippen molar-refractivity contribution >= 4 is 169 Å². The number of amides is 8. The molecule has 10 rings (SSSR count). The van der Waals surface area contributed by atoms with E-state index in [1.165, 1.54) is 97.1 Å². The normalized spacial score (nSPS) is 12.0. The van der Waals surface area contributed by atoms with Crippen LogP contribution >= 0.6 is 0 Å². The molecule has 0 saturated carbocycles. The van der Waals surface area contributed by atoms with Crippen LogP contribution in [-0.2, 0) is 60.7 Å². The minimum absolute atomic E-state index is 0.0133. The van der Waals surface area contributed by atoms with E-state index in [2.05, 4.69) is 42.5 Å². The van der Waals surface area contributed by atoms with Crippen molar-refractivity contribution in [3.05, 3.63) is 224 Å². The minimum atomic E-state index is -5.46. The number of benzene rings is 10. The number of urea groups is 1. The van der Waals surface area contributed by atoms with Crippen molar-refractivity contribution in [1.29, 1.82) is 0 Å². The molecule has 0 fully saturated rings. The molecule has 0 bridgehead atoms. The number of carbonyl (C=O) groups excluding carboxylic acids is 7. The number of nitrogens with one attached hydrogen (secondary N) is 8. The van der Waals surface area contributed by atoms with Crippen LogP contribution < -0.4 is 42.5 Å². The number of hydrogen-bond donors (Lipinski definition) is 14. The van der Waals surface area contributed by atoms with Crippen LogP contribution in [0.5, 0.6) is 0 Å². The monoisotopic (exact) mass is 1590 g/mol. The van der Waals surface area contributed by atoms with Gasteiger partial charge < -0.3 is 42.5 Å². The Balaban J connectivity index is 0.783. The molecule has 560 valence electrons. The fraction of sp³-hybridized carbons (Fsp3) is 0.0870. The second-order valence-electron chi connectivity index (χ2n) is 24.2. The largest absolute Gasteiger partial charge is 0.323 e. The Hall–Kier alpha value is -11.7. The van der Waals surface area contributed by atoms with Gasteiger partial charge in [-0.3, -0.25) is 56.1 Å². The molecule has 0 aliphatic heterocycles. The zero-order valence-electron chi connectivity index (χ0n) is 56.4. The molecular weight excluding hydrogens is 1530 g/mol. The van der Waals surface area contributed by atoms with E-state index in [0.717, 1.165) is 12.1 Å². The molecule has 0 atom stereocenters. The molecule has 10 aromatic carbocycles.